The van der Waals surface area contributed by atoms with E-state index in [0.29, 0.717) is 10.6 Å². The molecule has 0 amide bonds. The second kappa shape index (κ2) is 5.66. The summed E-state index contributed by atoms with van der Waals surface area (Å²) in [6, 6.07) is 11.0. The van der Waals surface area contributed by atoms with Crippen LogP contribution in [0.15, 0.2) is 36.4 Å². The number of halogens is 2. The normalized spacial score (nSPS) is 20.8. The number of hydrogen-bond acceptors (Lipinski definition) is 2. The van der Waals surface area contributed by atoms with Gasteiger partial charge in [0.1, 0.15) is 17.7 Å². The Hall–Kier alpha value is -1.58. The first kappa shape index (κ1) is 14.4. The number of aryl methyl sites for hydroxylation is 1. The Morgan fingerprint density at radius 2 is 2.05 bits per heavy atom. The van der Waals surface area contributed by atoms with E-state index >= 15 is 0 Å². The van der Waals surface area contributed by atoms with E-state index in [1.54, 1.807) is 13.0 Å². The minimum Gasteiger partial charge on any atom is -0.485 e. The van der Waals surface area contributed by atoms with Gasteiger partial charge < -0.3 is 10.1 Å². The fraction of sp³-hybridized carbons (Fsp3) is 0.294. The highest BCUT2D eigenvalue weighted by Gasteiger charge is 2.28. The lowest BCUT2D eigenvalue weighted by atomic mass is 9.92. The largest absolute Gasteiger partial charge is 0.485 e. The van der Waals surface area contributed by atoms with Crippen LogP contribution in [0.5, 0.6) is 5.75 Å². The SMILES string of the molecule is CNC1CC(c2ccc(F)c(C)c2)Oc2ccc(Cl)cc21. The van der Waals surface area contributed by atoms with Crippen molar-refractivity contribution in [2.45, 2.75) is 25.5 Å². The molecule has 21 heavy (non-hydrogen) atoms. The van der Waals surface area contributed by atoms with E-state index in [4.69, 9.17) is 16.3 Å². The quantitative estimate of drug-likeness (QED) is 0.877. The van der Waals surface area contributed by atoms with Crippen molar-refractivity contribution in [2.75, 3.05) is 7.05 Å². The summed E-state index contributed by atoms with van der Waals surface area (Å²) >= 11 is 6.07. The zero-order valence-electron chi connectivity index (χ0n) is 12.0. The van der Waals surface area contributed by atoms with E-state index in [0.717, 1.165) is 23.3 Å². The van der Waals surface area contributed by atoms with Crippen molar-refractivity contribution < 1.29 is 9.13 Å². The van der Waals surface area contributed by atoms with E-state index in [9.17, 15) is 4.39 Å². The summed E-state index contributed by atoms with van der Waals surface area (Å²) in [6.07, 6.45) is 0.699. The third-order valence-electron chi connectivity index (χ3n) is 3.97. The van der Waals surface area contributed by atoms with Gasteiger partial charge in [-0.25, -0.2) is 4.39 Å². The minimum atomic E-state index is -0.188. The Balaban J connectivity index is 1.96. The predicted octanol–water partition coefficient (Wildman–Crippen LogP) is 4.57. The van der Waals surface area contributed by atoms with Gasteiger partial charge in [0.15, 0.2) is 0 Å². The van der Waals surface area contributed by atoms with Crippen molar-refractivity contribution in [3.8, 4) is 5.75 Å². The third kappa shape index (κ3) is 2.76. The molecular weight excluding hydrogens is 289 g/mol. The molecule has 110 valence electrons. The molecule has 1 aliphatic heterocycles. The number of ether oxygens (including phenoxy) is 1. The maximum Gasteiger partial charge on any atom is 0.126 e. The zero-order valence-corrected chi connectivity index (χ0v) is 12.7. The van der Waals surface area contributed by atoms with Crippen LogP contribution in [0.25, 0.3) is 0 Å². The number of rotatable bonds is 2. The molecule has 1 N–H and O–H groups in total. The van der Waals surface area contributed by atoms with Gasteiger partial charge in [0.2, 0.25) is 0 Å². The Bertz CT molecular complexity index is 674. The van der Waals surface area contributed by atoms with Gasteiger partial charge in [-0.05, 0) is 55.4 Å². The second-order valence-corrected chi connectivity index (χ2v) is 5.81. The number of hydrogen-bond donors (Lipinski definition) is 1. The molecule has 0 fully saturated rings. The number of benzene rings is 2. The molecule has 3 rings (SSSR count). The molecule has 2 aromatic rings. The smallest absolute Gasteiger partial charge is 0.126 e. The van der Waals surface area contributed by atoms with Crippen LogP contribution in [0.3, 0.4) is 0 Å². The van der Waals surface area contributed by atoms with Gasteiger partial charge in [0.05, 0.1) is 0 Å². The first-order valence-electron chi connectivity index (χ1n) is 6.98. The monoisotopic (exact) mass is 305 g/mol. The van der Waals surface area contributed by atoms with Gasteiger partial charge in [-0.1, -0.05) is 17.7 Å². The van der Waals surface area contributed by atoms with Crippen LogP contribution >= 0.6 is 11.6 Å². The van der Waals surface area contributed by atoms with E-state index in [2.05, 4.69) is 5.32 Å². The summed E-state index contributed by atoms with van der Waals surface area (Å²) in [5.41, 5.74) is 2.70. The molecule has 1 heterocycles. The van der Waals surface area contributed by atoms with Gasteiger partial charge in [-0.2, -0.15) is 0 Å². The van der Waals surface area contributed by atoms with Crippen LogP contribution in [0.1, 0.15) is 35.3 Å². The average molecular weight is 306 g/mol. The average Bonchev–Trinajstić information content (AvgIpc) is 2.49. The maximum absolute atomic E-state index is 13.4. The van der Waals surface area contributed by atoms with Crippen molar-refractivity contribution in [1.82, 2.24) is 5.32 Å². The van der Waals surface area contributed by atoms with Gasteiger partial charge in [0.25, 0.3) is 0 Å². The van der Waals surface area contributed by atoms with Gasteiger partial charge >= 0.3 is 0 Å². The first-order chi connectivity index (χ1) is 10.1. The standard InChI is InChI=1S/C17H17ClFNO/c1-10-7-11(3-5-14(10)19)17-9-15(20-2)13-8-12(18)4-6-16(13)21-17/h3-8,15,17,20H,9H2,1-2H3. The Morgan fingerprint density at radius 3 is 2.76 bits per heavy atom. The predicted molar refractivity (Wildman–Crippen MR) is 82.4 cm³/mol. The molecule has 0 saturated heterocycles. The van der Waals surface area contributed by atoms with Crippen LogP contribution in [0.4, 0.5) is 4.39 Å². The molecule has 0 radical (unpaired) electrons. The van der Waals surface area contributed by atoms with Crippen LogP contribution in [-0.2, 0) is 0 Å². The van der Waals surface area contributed by atoms with Gasteiger partial charge in [-0.15, -0.1) is 0 Å². The molecule has 0 spiro atoms. The highest BCUT2D eigenvalue weighted by molar-refractivity contribution is 6.30. The van der Waals surface area contributed by atoms with E-state index in [1.807, 2.05) is 31.3 Å². The third-order valence-corrected chi connectivity index (χ3v) is 4.20. The molecule has 1 aliphatic rings. The molecule has 2 atom stereocenters. The highest BCUT2D eigenvalue weighted by atomic mass is 35.5. The molecule has 0 bridgehead atoms. The summed E-state index contributed by atoms with van der Waals surface area (Å²) in [7, 11) is 1.92. The fourth-order valence-corrected chi connectivity index (χ4v) is 2.97. The van der Waals surface area contributed by atoms with E-state index in [-0.39, 0.29) is 18.0 Å². The van der Waals surface area contributed by atoms with Gasteiger partial charge in [0, 0.05) is 23.0 Å². The Kier molecular flexibility index (Phi) is 3.87. The minimum absolute atomic E-state index is 0.0876. The molecule has 0 saturated carbocycles. The topological polar surface area (TPSA) is 21.3 Å². The molecule has 2 unspecified atom stereocenters. The van der Waals surface area contributed by atoms with Crippen LogP contribution in [0.2, 0.25) is 5.02 Å². The van der Waals surface area contributed by atoms with Gasteiger partial charge in [-0.3, -0.25) is 0 Å². The molecule has 2 nitrogen and oxygen atoms in total. The van der Waals surface area contributed by atoms with Crippen LogP contribution < -0.4 is 10.1 Å². The molecule has 0 aromatic heterocycles. The van der Waals surface area contributed by atoms with Crippen molar-refractivity contribution >= 4 is 11.6 Å². The van der Waals surface area contributed by atoms with Crippen molar-refractivity contribution in [2.24, 2.45) is 0 Å². The highest BCUT2D eigenvalue weighted by Crippen LogP contribution is 2.41. The lowest BCUT2D eigenvalue weighted by Gasteiger charge is -2.32. The van der Waals surface area contributed by atoms with Crippen LogP contribution in [-0.4, -0.2) is 7.05 Å². The lowest BCUT2D eigenvalue weighted by molar-refractivity contribution is 0.154. The van der Waals surface area contributed by atoms with Crippen molar-refractivity contribution in [1.29, 1.82) is 0 Å². The Morgan fingerprint density at radius 1 is 1.24 bits per heavy atom. The number of nitrogens with one attached hydrogen (secondary N) is 1. The van der Waals surface area contributed by atoms with Crippen molar-refractivity contribution in [3.63, 3.8) is 0 Å². The summed E-state index contributed by atoms with van der Waals surface area (Å²) < 4.78 is 19.5. The zero-order chi connectivity index (χ0) is 15.0. The molecular formula is C17H17ClFNO. The van der Waals surface area contributed by atoms with E-state index < -0.39 is 0 Å². The second-order valence-electron chi connectivity index (χ2n) is 5.37. The summed E-state index contributed by atoms with van der Waals surface area (Å²) in [5.74, 6) is 0.642. The number of fused-ring (bicyclic) bond motifs is 1. The first-order valence-corrected chi connectivity index (χ1v) is 7.35. The molecule has 4 heteroatoms. The maximum atomic E-state index is 13.4. The van der Waals surface area contributed by atoms with Crippen LogP contribution in [0, 0.1) is 12.7 Å². The summed E-state index contributed by atoms with van der Waals surface area (Å²) in [4.78, 5) is 0. The summed E-state index contributed by atoms with van der Waals surface area (Å²) in [6.45, 7) is 1.77. The molecule has 0 aliphatic carbocycles. The van der Waals surface area contributed by atoms with Crippen molar-refractivity contribution in [3.05, 3.63) is 63.9 Å². The lowest BCUT2D eigenvalue weighted by Crippen LogP contribution is -2.26. The fourth-order valence-electron chi connectivity index (χ4n) is 2.79. The Labute approximate surface area is 128 Å². The summed E-state index contributed by atoms with van der Waals surface area (Å²) in [5, 5.41) is 4.00. The van der Waals surface area contributed by atoms with E-state index in [1.165, 1.54) is 6.07 Å². The molecule has 2 aromatic carbocycles.